The van der Waals surface area contributed by atoms with Crippen LogP contribution in [-0.2, 0) is 14.8 Å². The van der Waals surface area contributed by atoms with Gasteiger partial charge in [0.25, 0.3) is 5.91 Å². The van der Waals surface area contributed by atoms with Gasteiger partial charge < -0.3 is 10.6 Å². The average molecular weight is 494 g/mol. The van der Waals surface area contributed by atoms with Gasteiger partial charge in [-0.05, 0) is 49.6 Å². The van der Waals surface area contributed by atoms with Crippen molar-refractivity contribution in [3.63, 3.8) is 0 Å². The first kappa shape index (κ1) is 26.0. The molecule has 3 aromatic carbocycles. The lowest BCUT2D eigenvalue weighted by atomic mass is 10.1. The van der Waals surface area contributed by atoms with Crippen LogP contribution in [-0.4, -0.2) is 33.0 Å². The number of sulfonamides is 1. The molecule has 0 aliphatic heterocycles. The van der Waals surface area contributed by atoms with Gasteiger partial charge in [0, 0.05) is 13.0 Å². The van der Waals surface area contributed by atoms with E-state index >= 15 is 0 Å². The Hall–Kier alpha value is -3.65. The highest BCUT2D eigenvalue weighted by Gasteiger charge is 2.20. The lowest BCUT2D eigenvalue weighted by molar-refractivity contribution is -0.116. The maximum absolute atomic E-state index is 12.9. The maximum Gasteiger partial charge on any atom is 0.253 e. The normalized spacial score (nSPS) is 12.0. The molecule has 0 bridgehead atoms. The van der Waals surface area contributed by atoms with E-state index < -0.39 is 10.0 Å². The van der Waals surface area contributed by atoms with Crippen LogP contribution < -0.4 is 14.9 Å². The smallest absolute Gasteiger partial charge is 0.253 e. The van der Waals surface area contributed by atoms with Crippen molar-refractivity contribution in [3.8, 4) is 0 Å². The predicted octanol–water partition coefficient (Wildman–Crippen LogP) is 4.67. The van der Waals surface area contributed by atoms with Gasteiger partial charge in [0.15, 0.2) is 0 Å². The Morgan fingerprint density at radius 3 is 2.23 bits per heavy atom. The zero-order chi connectivity index (χ0) is 25.4. The second kappa shape index (κ2) is 11.7. The number of aryl methyl sites for hydroxylation is 1. The minimum absolute atomic E-state index is 0.105. The zero-order valence-electron chi connectivity index (χ0n) is 20.2. The molecule has 0 heterocycles. The van der Waals surface area contributed by atoms with Crippen molar-refractivity contribution in [2.75, 3.05) is 22.4 Å². The molecule has 184 valence electrons. The largest absolute Gasteiger partial charge is 0.345 e. The number of carbonyl (C=O) groups excluding carboxylic acids is 2. The Labute approximate surface area is 207 Å². The molecule has 0 unspecified atom stereocenters. The fourth-order valence-electron chi connectivity index (χ4n) is 3.79. The van der Waals surface area contributed by atoms with Gasteiger partial charge in [0.05, 0.1) is 29.2 Å². The van der Waals surface area contributed by atoms with Gasteiger partial charge in [-0.25, -0.2) is 8.42 Å². The first-order valence-corrected chi connectivity index (χ1v) is 13.3. The number of para-hydroxylation sites is 2. The number of anilines is 2. The van der Waals surface area contributed by atoms with Crippen LogP contribution in [0.4, 0.5) is 11.4 Å². The van der Waals surface area contributed by atoms with Gasteiger partial charge in [0.1, 0.15) is 0 Å². The molecule has 3 aromatic rings. The molecule has 8 heteroatoms. The molecule has 1 atom stereocenters. The van der Waals surface area contributed by atoms with E-state index in [1.165, 1.54) is 4.31 Å². The molecule has 0 aliphatic rings. The summed E-state index contributed by atoms with van der Waals surface area (Å²) in [5, 5.41) is 5.76. The van der Waals surface area contributed by atoms with Crippen LogP contribution in [0.3, 0.4) is 0 Å². The third-order valence-corrected chi connectivity index (χ3v) is 6.82. The zero-order valence-corrected chi connectivity index (χ0v) is 21.0. The van der Waals surface area contributed by atoms with Gasteiger partial charge >= 0.3 is 0 Å². The molecule has 0 spiro atoms. The molecule has 0 aromatic heterocycles. The Kier molecular flexibility index (Phi) is 8.65. The van der Waals surface area contributed by atoms with Crippen molar-refractivity contribution in [2.45, 2.75) is 32.7 Å². The lowest BCUT2D eigenvalue weighted by Gasteiger charge is -2.24. The summed E-state index contributed by atoms with van der Waals surface area (Å²) in [7, 11) is -3.50. The number of rotatable bonds is 10. The highest BCUT2D eigenvalue weighted by Crippen LogP contribution is 2.23. The quantitative estimate of drug-likeness (QED) is 0.429. The number of hydrogen-bond donors (Lipinski definition) is 2. The molecule has 0 fully saturated rings. The summed E-state index contributed by atoms with van der Waals surface area (Å²) in [6.45, 7) is 3.92. The summed E-state index contributed by atoms with van der Waals surface area (Å²) >= 11 is 0. The van der Waals surface area contributed by atoms with Crippen LogP contribution in [0.1, 0.15) is 47.3 Å². The summed E-state index contributed by atoms with van der Waals surface area (Å²) < 4.78 is 26.0. The number of nitrogens with one attached hydrogen (secondary N) is 2. The van der Waals surface area contributed by atoms with E-state index in [2.05, 4.69) is 10.6 Å². The summed E-state index contributed by atoms with van der Waals surface area (Å²) in [6, 6.07) is 23.5. The standard InChI is InChI=1S/C27H31N3O4S/c1-20-12-7-10-17-25(20)30(35(3,33)34)19-11-18-26(31)29-24-16-9-8-15-23(24)27(32)28-21(2)22-13-5-4-6-14-22/h4-10,12-17,21H,11,18-19H2,1-3H3,(H,28,32)(H,29,31)/t21-/m1/s1. The van der Waals surface area contributed by atoms with Gasteiger partial charge in [-0.1, -0.05) is 60.7 Å². The van der Waals surface area contributed by atoms with Crippen molar-refractivity contribution >= 4 is 33.2 Å². The van der Waals surface area contributed by atoms with Crippen molar-refractivity contribution in [2.24, 2.45) is 0 Å². The van der Waals surface area contributed by atoms with Crippen LogP contribution in [0.5, 0.6) is 0 Å². The van der Waals surface area contributed by atoms with E-state index in [0.717, 1.165) is 17.4 Å². The third-order valence-electron chi connectivity index (χ3n) is 5.64. The number of hydrogen-bond acceptors (Lipinski definition) is 4. The molecule has 3 rings (SSSR count). The lowest BCUT2D eigenvalue weighted by Crippen LogP contribution is -2.32. The fourth-order valence-corrected chi connectivity index (χ4v) is 4.82. The van der Waals surface area contributed by atoms with Crippen molar-refractivity contribution < 1.29 is 18.0 Å². The highest BCUT2D eigenvalue weighted by atomic mass is 32.2. The SMILES string of the molecule is Cc1ccccc1N(CCCC(=O)Nc1ccccc1C(=O)N[C@H](C)c1ccccc1)S(C)(=O)=O. The van der Waals surface area contributed by atoms with Gasteiger partial charge in [0.2, 0.25) is 15.9 Å². The number of carbonyl (C=O) groups is 2. The van der Waals surface area contributed by atoms with E-state index in [-0.39, 0.29) is 30.8 Å². The van der Waals surface area contributed by atoms with Crippen LogP contribution in [0.2, 0.25) is 0 Å². The van der Waals surface area contributed by atoms with Gasteiger partial charge in [-0.15, -0.1) is 0 Å². The molecule has 2 amide bonds. The molecule has 0 aliphatic carbocycles. The molecule has 0 saturated carbocycles. The molecule has 0 radical (unpaired) electrons. The topological polar surface area (TPSA) is 95.6 Å². The summed E-state index contributed by atoms with van der Waals surface area (Å²) in [6.07, 6.45) is 1.59. The fraction of sp³-hybridized carbons (Fsp3) is 0.259. The monoisotopic (exact) mass is 493 g/mol. The molecule has 35 heavy (non-hydrogen) atoms. The Morgan fingerprint density at radius 2 is 1.54 bits per heavy atom. The number of amides is 2. The van der Waals surface area contributed by atoms with E-state index in [4.69, 9.17) is 0 Å². The molecular formula is C27H31N3O4S. The molecule has 0 saturated heterocycles. The van der Waals surface area contributed by atoms with Crippen molar-refractivity contribution in [1.29, 1.82) is 0 Å². The maximum atomic E-state index is 12.9. The highest BCUT2D eigenvalue weighted by molar-refractivity contribution is 7.92. The summed E-state index contributed by atoms with van der Waals surface area (Å²) in [4.78, 5) is 25.6. The summed E-state index contributed by atoms with van der Waals surface area (Å²) in [5.74, 6) is -0.584. The van der Waals surface area contributed by atoms with Gasteiger partial charge in [-0.2, -0.15) is 0 Å². The second-order valence-corrected chi connectivity index (χ2v) is 10.3. The average Bonchev–Trinajstić information content (AvgIpc) is 2.82. The number of nitrogens with zero attached hydrogens (tertiary/aromatic N) is 1. The first-order valence-electron chi connectivity index (χ1n) is 11.4. The Balaban J connectivity index is 1.62. The van der Waals surface area contributed by atoms with E-state index in [1.54, 1.807) is 36.4 Å². The minimum atomic E-state index is -3.50. The molecular weight excluding hydrogens is 462 g/mol. The second-order valence-electron chi connectivity index (χ2n) is 8.42. The minimum Gasteiger partial charge on any atom is -0.345 e. The van der Waals surface area contributed by atoms with Gasteiger partial charge in [-0.3, -0.25) is 13.9 Å². The Morgan fingerprint density at radius 1 is 0.914 bits per heavy atom. The van der Waals surface area contributed by atoms with E-state index in [9.17, 15) is 18.0 Å². The molecule has 7 nitrogen and oxygen atoms in total. The predicted molar refractivity (Wildman–Crippen MR) is 140 cm³/mol. The van der Waals surface area contributed by atoms with Crippen molar-refractivity contribution in [3.05, 3.63) is 95.6 Å². The third kappa shape index (κ3) is 7.16. The van der Waals surface area contributed by atoms with Crippen LogP contribution in [0.25, 0.3) is 0 Å². The van der Waals surface area contributed by atoms with Crippen LogP contribution >= 0.6 is 0 Å². The first-order chi connectivity index (χ1) is 16.7. The molecule has 2 N–H and O–H groups in total. The van der Waals surface area contributed by atoms with Crippen molar-refractivity contribution in [1.82, 2.24) is 5.32 Å². The Bertz CT molecular complexity index is 1280. The van der Waals surface area contributed by atoms with E-state index in [1.807, 2.05) is 56.3 Å². The van der Waals surface area contributed by atoms with Crippen LogP contribution in [0, 0.1) is 6.92 Å². The van der Waals surface area contributed by atoms with Crippen LogP contribution in [0.15, 0.2) is 78.9 Å². The summed E-state index contributed by atoms with van der Waals surface area (Å²) in [5.41, 5.74) is 3.19. The number of benzene rings is 3. The van der Waals surface area contributed by atoms with E-state index in [0.29, 0.717) is 23.4 Å².